The first-order valence-electron chi connectivity index (χ1n) is 8.37. The molecule has 0 aromatic heterocycles. The van der Waals surface area contributed by atoms with Crippen molar-refractivity contribution < 1.29 is 9.72 Å². The Bertz CT molecular complexity index is 930. The van der Waals surface area contributed by atoms with Crippen LogP contribution in [0.5, 0.6) is 0 Å². The Morgan fingerprint density at radius 1 is 0.964 bits per heavy atom. The summed E-state index contributed by atoms with van der Waals surface area (Å²) in [7, 11) is 0. The number of carbonyl (C=O) groups is 1. The van der Waals surface area contributed by atoms with Gasteiger partial charge >= 0.3 is 0 Å². The lowest BCUT2D eigenvalue weighted by atomic mass is 9.97. The van der Waals surface area contributed by atoms with Gasteiger partial charge in [-0.25, -0.2) is 0 Å². The number of benzene rings is 3. The van der Waals surface area contributed by atoms with E-state index in [2.05, 4.69) is 5.32 Å². The highest BCUT2D eigenvalue weighted by Crippen LogP contribution is 2.26. The maximum absolute atomic E-state index is 12.7. The van der Waals surface area contributed by atoms with Crippen LogP contribution in [-0.2, 0) is 0 Å². The predicted octanol–water partition coefficient (Wildman–Crippen LogP) is 6.10. The monoisotopic (exact) mass is 416 g/mol. The van der Waals surface area contributed by atoms with E-state index in [0.717, 1.165) is 5.56 Å². The number of ketones is 1. The number of carbonyl (C=O) groups excluding carboxylic acids is 1. The Hall–Kier alpha value is -2.89. The van der Waals surface area contributed by atoms with Crippen LogP contribution in [0.25, 0.3) is 0 Å². The number of nitrogens with one attached hydrogen (secondary N) is 1. The number of Topliss-reactive ketones (excluding diaryl/α,β-unsaturated/α-hetero) is 1. The molecule has 7 heteroatoms. The number of rotatable bonds is 7. The summed E-state index contributed by atoms with van der Waals surface area (Å²) in [5, 5.41) is 14.7. The van der Waals surface area contributed by atoms with E-state index in [9.17, 15) is 14.9 Å². The van der Waals surface area contributed by atoms with Crippen molar-refractivity contribution in [3.05, 3.63) is 105 Å². The summed E-state index contributed by atoms with van der Waals surface area (Å²) < 4.78 is 0. The van der Waals surface area contributed by atoms with Crippen molar-refractivity contribution in [2.75, 3.05) is 5.32 Å². The summed E-state index contributed by atoms with van der Waals surface area (Å²) >= 11 is 5.89. The van der Waals surface area contributed by atoms with Crippen LogP contribution in [0.2, 0.25) is 5.02 Å². The first-order valence-corrected chi connectivity index (χ1v) is 8.75. The van der Waals surface area contributed by atoms with E-state index in [-0.39, 0.29) is 36.3 Å². The third kappa shape index (κ3) is 5.55. The number of nitrogens with zero attached hydrogens (tertiary/aromatic N) is 1. The van der Waals surface area contributed by atoms with E-state index in [4.69, 9.17) is 11.6 Å². The Morgan fingerprint density at radius 2 is 1.57 bits per heavy atom. The molecular weight excluding hydrogens is 399 g/mol. The smallest absolute Gasteiger partial charge is 0.269 e. The van der Waals surface area contributed by atoms with Crippen molar-refractivity contribution in [2.24, 2.45) is 0 Å². The summed E-state index contributed by atoms with van der Waals surface area (Å²) in [6.07, 6.45) is 0.239. The van der Waals surface area contributed by atoms with Gasteiger partial charge in [-0.2, -0.15) is 0 Å². The van der Waals surface area contributed by atoms with Crippen LogP contribution in [0.1, 0.15) is 28.4 Å². The molecule has 0 saturated carbocycles. The molecule has 3 aromatic rings. The van der Waals surface area contributed by atoms with Crippen LogP contribution < -0.4 is 5.32 Å². The highest BCUT2D eigenvalue weighted by Gasteiger charge is 2.18. The molecule has 3 rings (SSSR count). The van der Waals surface area contributed by atoms with Gasteiger partial charge in [-0.3, -0.25) is 14.9 Å². The molecule has 5 nitrogen and oxygen atoms in total. The summed E-state index contributed by atoms with van der Waals surface area (Å²) in [5.74, 6) is -0.0186. The van der Waals surface area contributed by atoms with E-state index in [1.165, 1.54) is 12.1 Å². The van der Waals surface area contributed by atoms with Crippen molar-refractivity contribution in [2.45, 2.75) is 12.5 Å². The van der Waals surface area contributed by atoms with Gasteiger partial charge in [0.2, 0.25) is 0 Å². The van der Waals surface area contributed by atoms with Gasteiger partial charge in [0.05, 0.1) is 11.0 Å². The Kier molecular flexibility index (Phi) is 7.55. The number of anilines is 1. The normalized spacial score (nSPS) is 11.2. The SMILES string of the molecule is Cl.O=C(CC(Nc1ccc([N+](=O)[O-])cc1)c1ccccc1)c1ccc(Cl)cc1. The molecule has 3 aromatic carbocycles. The lowest BCUT2D eigenvalue weighted by molar-refractivity contribution is -0.384. The molecule has 0 saturated heterocycles. The van der Waals surface area contributed by atoms with Crippen LogP contribution >= 0.6 is 24.0 Å². The molecule has 0 aliphatic rings. The standard InChI is InChI=1S/C21H17ClN2O3.ClH/c22-17-8-6-16(7-9-17)21(25)14-20(15-4-2-1-3-5-15)23-18-10-12-19(13-11-18)24(26)27;/h1-13,20,23H,14H2;1H. The van der Waals surface area contributed by atoms with Gasteiger partial charge in [0.25, 0.3) is 5.69 Å². The van der Waals surface area contributed by atoms with E-state index >= 15 is 0 Å². The van der Waals surface area contributed by atoms with Gasteiger partial charge < -0.3 is 5.32 Å². The summed E-state index contributed by atoms with van der Waals surface area (Å²) in [4.78, 5) is 23.1. The van der Waals surface area contributed by atoms with Gasteiger partial charge in [0, 0.05) is 34.8 Å². The number of hydrogen-bond donors (Lipinski definition) is 1. The van der Waals surface area contributed by atoms with E-state index in [1.807, 2.05) is 30.3 Å². The topological polar surface area (TPSA) is 72.2 Å². The van der Waals surface area contributed by atoms with Crippen LogP contribution in [0.3, 0.4) is 0 Å². The Balaban J connectivity index is 0.00000280. The minimum atomic E-state index is -0.442. The maximum atomic E-state index is 12.7. The van der Waals surface area contributed by atoms with Gasteiger partial charge in [-0.1, -0.05) is 41.9 Å². The van der Waals surface area contributed by atoms with Crippen molar-refractivity contribution in [1.82, 2.24) is 0 Å². The fourth-order valence-electron chi connectivity index (χ4n) is 2.76. The van der Waals surface area contributed by atoms with Crippen molar-refractivity contribution in [3.8, 4) is 0 Å². The molecule has 0 radical (unpaired) electrons. The van der Waals surface area contributed by atoms with Crippen LogP contribution in [-0.4, -0.2) is 10.7 Å². The van der Waals surface area contributed by atoms with E-state index in [1.54, 1.807) is 36.4 Å². The molecule has 0 bridgehead atoms. The lowest BCUT2D eigenvalue weighted by Gasteiger charge is -2.20. The first kappa shape index (κ1) is 21.4. The summed E-state index contributed by atoms with van der Waals surface area (Å²) in [5.41, 5.74) is 2.27. The molecule has 1 N–H and O–H groups in total. The molecular formula is C21H18Cl2N2O3. The van der Waals surface area contributed by atoms with E-state index in [0.29, 0.717) is 16.3 Å². The maximum Gasteiger partial charge on any atom is 0.269 e. The molecule has 0 heterocycles. The van der Waals surface area contributed by atoms with Crippen molar-refractivity contribution >= 4 is 41.2 Å². The Morgan fingerprint density at radius 3 is 2.14 bits per heavy atom. The highest BCUT2D eigenvalue weighted by atomic mass is 35.5. The number of hydrogen-bond acceptors (Lipinski definition) is 4. The quantitative estimate of drug-likeness (QED) is 0.287. The molecule has 0 fully saturated rings. The molecule has 0 aliphatic carbocycles. The molecule has 28 heavy (non-hydrogen) atoms. The van der Waals surface area contributed by atoms with Gasteiger partial charge in [0.1, 0.15) is 0 Å². The van der Waals surface area contributed by atoms with E-state index < -0.39 is 4.92 Å². The number of non-ortho nitro benzene ring substituents is 1. The average Bonchev–Trinajstić information content (AvgIpc) is 2.69. The zero-order valence-corrected chi connectivity index (χ0v) is 16.3. The molecule has 0 spiro atoms. The van der Waals surface area contributed by atoms with Crippen molar-refractivity contribution in [3.63, 3.8) is 0 Å². The van der Waals surface area contributed by atoms with Crippen LogP contribution in [0, 0.1) is 10.1 Å². The highest BCUT2D eigenvalue weighted by molar-refractivity contribution is 6.30. The second-order valence-corrected chi connectivity index (χ2v) is 6.48. The fourth-order valence-corrected chi connectivity index (χ4v) is 2.88. The summed E-state index contributed by atoms with van der Waals surface area (Å²) in [6.45, 7) is 0. The van der Waals surface area contributed by atoms with Crippen molar-refractivity contribution in [1.29, 1.82) is 0 Å². The fraction of sp³-hybridized carbons (Fsp3) is 0.0952. The van der Waals surface area contributed by atoms with Crippen LogP contribution in [0.15, 0.2) is 78.9 Å². The molecule has 0 aliphatic heterocycles. The second kappa shape index (κ2) is 9.88. The molecule has 144 valence electrons. The largest absolute Gasteiger partial charge is 0.378 e. The van der Waals surface area contributed by atoms with Gasteiger partial charge in [-0.15, -0.1) is 12.4 Å². The molecule has 1 unspecified atom stereocenters. The first-order chi connectivity index (χ1) is 13.0. The zero-order valence-electron chi connectivity index (χ0n) is 14.7. The average molecular weight is 417 g/mol. The van der Waals surface area contributed by atoms with Gasteiger partial charge in [-0.05, 0) is 42.0 Å². The third-order valence-electron chi connectivity index (χ3n) is 4.18. The minimum Gasteiger partial charge on any atom is -0.378 e. The minimum absolute atomic E-state index is 0. The number of nitro groups is 1. The molecule has 1 atom stereocenters. The Labute approximate surface area is 173 Å². The third-order valence-corrected chi connectivity index (χ3v) is 4.43. The van der Waals surface area contributed by atoms with Gasteiger partial charge in [0.15, 0.2) is 5.78 Å². The number of halogens is 2. The number of nitro benzene ring substituents is 1. The summed E-state index contributed by atoms with van der Waals surface area (Å²) in [6, 6.07) is 22.3. The lowest BCUT2D eigenvalue weighted by Crippen LogP contribution is -2.15. The zero-order chi connectivity index (χ0) is 19.2. The predicted molar refractivity (Wildman–Crippen MR) is 114 cm³/mol. The second-order valence-electron chi connectivity index (χ2n) is 6.05. The van der Waals surface area contributed by atoms with Crippen LogP contribution in [0.4, 0.5) is 11.4 Å². The molecule has 0 amide bonds.